The molecule has 0 atom stereocenters. The van der Waals surface area contributed by atoms with Crippen molar-refractivity contribution in [2.75, 3.05) is 0 Å². The van der Waals surface area contributed by atoms with Crippen LogP contribution in [-0.4, -0.2) is 33.2 Å². The Morgan fingerprint density at radius 2 is 0.677 bits per heavy atom. The Kier molecular flexibility index (Phi) is 11.8. The third-order valence-corrected chi connectivity index (χ3v) is 3.37. The van der Waals surface area contributed by atoms with Gasteiger partial charge in [-0.1, -0.05) is 36.4 Å². The van der Waals surface area contributed by atoms with Crippen LogP contribution in [0.15, 0.2) is 72.8 Å². The van der Waals surface area contributed by atoms with E-state index in [-0.39, 0.29) is 56.3 Å². The molecule has 0 saturated carbocycles. The second kappa shape index (κ2) is 13.4. The molecular weight excluding hydrogens is 593 g/mol. The number of carboxylic acid groups (broad SMARTS) is 3. The summed E-state index contributed by atoms with van der Waals surface area (Å²) in [6.45, 7) is 0. The van der Waals surface area contributed by atoms with Gasteiger partial charge in [0.2, 0.25) is 0 Å². The molecule has 9 nitrogen and oxygen atoms in total. The summed E-state index contributed by atoms with van der Waals surface area (Å²) in [6, 6.07) is 16.9. The Morgan fingerprint density at radius 3 is 0.806 bits per heavy atom. The molecular formula is C21H15AuO9. The Bertz CT molecular complexity index is 903. The summed E-state index contributed by atoms with van der Waals surface area (Å²) in [5.74, 6) is -4.87. The molecule has 0 bridgehead atoms. The van der Waals surface area contributed by atoms with E-state index in [1.807, 2.05) is 0 Å². The largest absolute Gasteiger partial charge is 3.00 e. The molecule has 0 heterocycles. The normalized spacial score (nSPS) is 8.90. The first-order chi connectivity index (χ1) is 14.1. The molecule has 0 spiro atoms. The topological polar surface area (TPSA) is 181 Å². The van der Waals surface area contributed by atoms with Crippen LogP contribution < -0.4 is 15.3 Å². The number of carboxylic acids is 3. The average molecular weight is 608 g/mol. The van der Waals surface area contributed by atoms with Gasteiger partial charge in [-0.2, -0.15) is 0 Å². The van der Waals surface area contributed by atoms with Gasteiger partial charge in [0.1, 0.15) is 17.2 Å². The van der Waals surface area contributed by atoms with Crippen molar-refractivity contribution >= 4 is 17.9 Å². The molecule has 3 N–H and O–H groups in total. The van der Waals surface area contributed by atoms with Crippen molar-refractivity contribution in [1.29, 1.82) is 0 Å². The minimum atomic E-state index is -1.36. The fourth-order valence-electron chi connectivity index (χ4n) is 1.94. The van der Waals surface area contributed by atoms with Crippen molar-refractivity contribution in [2.24, 2.45) is 0 Å². The van der Waals surface area contributed by atoms with Crippen LogP contribution in [0.25, 0.3) is 0 Å². The Balaban J connectivity index is 0.000000429. The van der Waals surface area contributed by atoms with Gasteiger partial charge < -0.3 is 45.0 Å². The van der Waals surface area contributed by atoms with Crippen molar-refractivity contribution in [3.8, 4) is 17.2 Å². The quantitative estimate of drug-likeness (QED) is 0.323. The first-order valence-electron chi connectivity index (χ1n) is 8.13. The number of hydrogen-bond donors (Lipinski definition) is 3. The van der Waals surface area contributed by atoms with E-state index in [0.717, 1.165) is 0 Å². The fourth-order valence-corrected chi connectivity index (χ4v) is 1.94. The van der Waals surface area contributed by atoms with Crippen LogP contribution in [-0.2, 0) is 22.4 Å². The van der Waals surface area contributed by atoms with E-state index < -0.39 is 17.9 Å². The summed E-state index contributed by atoms with van der Waals surface area (Å²) < 4.78 is 0. The zero-order chi connectivity index (χ0) is 22.7. The first kappa shape index (κ1) is 27.2. The van der Waals surface area contributed by atoms with Gasteiger partial charge >= 0.3 is 22.4 Å². The van der Waals surface area contributed by atoms with Gasteiger partial charge in [0, 0.05) is 16.7 Å². The van der Waals surface area contributed by atoms with Crippen molar-refractivity contribution in [2.45, 2.75) is 0 Å². The minimum Gasteiger partial charge on any atom is -0.545 e. The molecule has 3 rings (SSSR count). The van der Waals surface area contributed by atoms with E-state index in [1.54, 1.807) is 18.2 Å². The SMILES string of the molecule is O=C([O-])c1ccccc1O.O=C([O-])c1ccccc1O.O=C([O-])c1ccccc1O.[Au+3]. The third kappa shape index (κ3) is 9.05. The maximum Gasteiger partial charge on any atom is 3.00 e. The molecule has 164 valence electrons. The van der Waals surface area contributed by atoms with Crippen LogP contribution in [0.4, 0.5) is 0 Å². The van der Waals surface area contributed by atoms with Crippen LogP contribution in [0.2, 0.25) is 0 Å². The summed E-state index contributed by atoms with van der Waals surface area (Å²) >= 11 is 0. The number of benzene rings is 3. The molecule has 10 heteroatoms. The van der Waals surface area contributed by atoms with E-state index in [4.69, 9.17) is 15.3 Å². The molecule has 3 aromatic rings. The molecule has 0 aliphatic rings. The zero-order valence-electron chi connectivity index (χ0n) is 15.5. The van der Waals surface area contributed by atoms with E-state index in [2.05, 4.69) is 0 Å². The standard InChI is InChI=1S/3C7H6O3.Au/c3*8-6-4-2-1-3-5(6)7(9)10;/h3*1-4,8H,(H,9,10);/q;;;+3/p-3. The van der Waals surface area contributed by atoms with Crippen LogP contribution in [0.1, 0.15) is 31.1 Å². The van der Waals surface area contributed by atoms with Gasteiger partial charge in [-0.05, 0) is 36.4 Å². The van der Waals surface area contributed by atoms with Gasteiger partial charge in [-0.3, -0.25) is 0 Å². The van der Waals surface area contributed by atoms with E-state index in [9.17, 15) is 29.7 Å². The average Bonchev–Trinajstić information content (AvgIpc) is 2.69. The molecule has 3 aromatic carbocycles. The number of carbonyl (C=O) groups excluding carboxylic acids is 3. The van der Waals surface area contributed by atoms with Crippen molar-refractivity contribution in [3.05, 3.63) is 89.5 Å². The first-order valence-corrected chi connectivity index (χ1v) is 8.13. The van der Waals surface area contributed by atoms with Gasteiger partial charge in [-0.25, -0.2) is 0 Å². The van der Waals surface area contributed by atoms with Gasteiger partial charge in [-0.15, -0.1) is 0 Å². The number of aromatic carboxylic acids is 3. The summed E-state index contributed by atoms with van der Waals surface area (Å²) in [5.41, 5.74) is -0.535. The van der Waals surface area contributed by atoms with E-state index in [1.165, 1.54) is 54.6 Å². The second-order valence-corrected chi connectivity index (χ2v) is 5.41. The number of phenols is 3. The van der Waals surface area contributed by atoms with Crippen LogP contribution in [0.3, 0.4) is 0 Å². The predicted molar refractivity (Wildman–Crippen MR) is 97.3 cm³/mol. The van der Waals surface area contributed by atoms with Crippen LogP contribution in [0, 0.1) is 0 Å². The van der Waals surface area contributed by atoms with Crippen molar-refractivity contribution in [1.82, 2.24) is 0 Å². The molecule has 0 aromatic heterocycles. The number of aromatic hydroxyl groups is 3. The van der Waals surface area contributed by atoms with Gasteiger partial charge in [0.05, 0.1) is 17.9 Å². The number of para-hydroxylation sites is 3. The van der Waals surface area contributed by atoms with Gasteiger partial charge in [0.15, 0.2) is 0 Å². The fraction of sp³-hybridized carbons (Fsp3) is 0. The summed E-state index contributed by atoms with van der Waals surface area (Å²) in [4.78, 5) is 30.5. The zero-order valence-corrected chi connectivity index (χ0v) is 17.7. The molecule has 0 unspecified atom stereocenters. The van der Waals surface area contributed by atoms with Crippen molar-refractivity contribution < 1.29 is 67.4 Å². The second-order valence-electron chi connectivity index (χ2n) is 5.41. The third-order valence-electron chi connectivity index (χ3n) is 3.37. The van der Waals surface area contributed by atoms with Crippen molar-refractivity contribution in [3.63, 3.8) is 0 Å². The monoisotopic (exact) mass is 608 g/mol. The number of rotatable bonds is 3. The Hall–Kier alpha value is -3.79. The molecule has 0 saturated heterocycles. The molecule has 0 aliphatic heterocycles. The van der Waals surface area contributed by atoms with Gasteiger partial charge in [0.25, 0.3) is 0 Å². The molecule has 31 heavy (non-hydrogen) atoms. The smallest absolute Gasteiger partial charge is 0.545 e. The summed E-state index contributed by atoms with van der Waals surface area (Å²) in [5, 5.41) is 57.0. The molecule has 0 amide bonds. The Morgan fingerprint density at radius 1 is 0.484 bits per heavy atom. The predicted octanol–water partition coefficient (Wildman–Crippen LogP) is -0.735. The maximum absolute atomic E-state index is 10.2. The molecule has 0 radical (unpaired) electrons. The maximum atomic E-state index is 10.2. The number of carbonyl (C=O) groups is 3. The van der Waals surface area contributed by atoms with Crippen LogP contribution in [0.5, 0.6) is 17.2 Å². The van der Waals surface area contributed by atoms with E-state index >= 15 is 0 Å². The number of hydrogen-bond acceptors (Lipinski definition) is 9. The molecule has 0 fully saturated rings. The van der Waals surface area contributed by atoms with Crippen LogP contribution >= 0.6 is 0 Å². The Labute approximate surface area is 192 Å². The minimum absolute atomic E-state index is 0. The summed E-state index contributed by atoms with van der Waals surface area (Å²) in [7, 11) is 0. The molecule has 0 aliphatic carbocycles. The van der Waals surface area contributed by atoms with E-state index in [0.29, 0.717) is 0 Å². The summed E-state index contributed by atoms with van der Waals surface area (Å²) in [6.07, 6.45) is 0.